The van der Waals surface area contributed by atoms with Crippen molar-refractivity contribution in [2.24, 2.45) is 0 Å². The summed E-state index contributed by atoms with van der Waals surface area (Å²) in [5, 5.41) is 9.39. The molecule has 1 saturated heterocycles. The van der Waals surface area contributed by atoms with Crippen LogP contribution in [0.15, 0.2) is 0 Å². The highest BCUT2D eigenvalue weighted by Crippen LogP contribution is 2.08. The maximum absolute atomic E-state index is 9.39. The van der Waals surface area contributed by atoms with Crippen molar-refractivity contribution in [3.63, 3.8) is 0 Å². The largest absolute Gasteiger partial charge is 0.392 e. The van der Waals surface area contributed by atoms with Gasteiger partial charge in [0.05, 0.1) is 19.3 Å². The number of thiol groups is 1. The minimum atomic E-state index is -0.126. The van der Waals surface area contributed by atoms with Crippen LogP contribution in [-0.2, 0) is 4.74 Å². The fourth-order valence-corrected chi connectivity index (χ4v) is 1.72. The third-order valence-electron chi connectivity index (χ3n) is 2.27. The molecule has 1 fully saturated rings. The van der Waals surface area contributed by atoms with Crippen molar-refractivity contribution in [1.29, 1.82) is 0 Å². The van der Waals surface area contributed by atoms with Crippen molar-refractivity contribution < 1.29 is 9.84 Å². The first-order valence-electron chi connectivity index (χ1n) is 4.92. The smallest absolute Gasteiger partial charge is 0.0667 e. The van der Waals surface area contributed by atoms with Gasteiger partial charge in [0.2, 0.25) is 0 Å². The molecule has 4 heteroatoms. The van der Waals surface area contributed by atoms with E-state index < -0.39 is 0 Å². The Morgan fingerprint density at radius 3 is 3.00 bits per heavy atom. The van der Waals surface area contributed by atoms with Gasteiger partial charge in [-0.3, -0.25) is 4.90 Å². The third-order valence-corrected chi connectivity index (χ3v) is 2.45. The molecule has 1 heterocycles. The molecule has 1 rings (SSSR count). The number of ether oxygens (including phenoxy) is 1. The summed E-state index contributed by atoms with van der Waals surface area (Å²) in [5.74, 6) is 0.780. The van der Waals surface area contributed by atoms with E-state index in [4.69, 9.17) is 4.74 Å². The number of aliphatic hydroxyl groups is 1. The van der Waals surface area contributed by atoms with E-state index in [0.29, 0.717) is 0 Å². The molecular formula is C9H19NO2S. The Kier molecular flexibility index (Phi) is 5.78. The van der Waals surface area contributed by atoms with E-state index in [1.54, 1.807) is 0 Å². The highest BCUT2D eigenvalue weighted by molar-refractivity contribution is 7.80. The highest BCUT2D eigenvalue weighted by atomic mass is 32.1. The molecule has 1 N–H and O–H groups in total. The van der Waals surface area contributed by atoms with E-state index in [0.717, 1.165) is 51.4 Å². The molecule has 0 aromatic heterocycles. The second-order valence-electron chi connectivity index (χ2n) is 3.43. The summed E-state index contributed by atoms with van der Waals surface area (Å²) in [6.07, 6.45) is 1.93. The molecule has 78 valence electrons. The lowest BCUT2D eigenvalue weighted by Gasteiger charge is -2.29. The lowest BCUT2D eigenvalue weighted by atomic mass is 10.1. The van der Waals surface area contributed by atoms with Gasteiger partial charge < -0.3 is 9.84 Å². The van der Waals surface area contributed by atoms with Gasteiger partial charge in [-0.15, -0.1) is 0 Å². The first kappa shape index (κ1) is 11.3. The predicted octanol–water partition coefficient (Wildman–Crippen LogP) is 0.390. The Labute approximate surface area is 85.5 Å². The number of hydrogen-bond acceptors (Lipinski definition) is 4. The number of likely N-dealkylation sites (tertiary alicyclic amines) is 1. The Hall–Kier alpha value is 0.230. The van der Waals surface area contributed by atoms with Crippen LogP contribution in [0.25, 0.3) is 0 Å². The monoisotopic (exact) mass is 205 g/mol. The fraction of sp³-hybridized carbons (Fsp3) is 1.00. The first-order valence-corrected chi connectivity index (χ1v) is 5.55. The molecule has 0 spiro atoms. The highest BCUT2D eigenvalue weighted by Gasteiger charge is 2.16. The lowest BCUT2D eigenvalue weighted by molar-refractivity contribution is 0.0480. The number of rotatable bonds is 5. The van der Waals surface area contributed by atoms with Crippen LogP contribution in [0.3, 0.4) is 0 Å². The summed E-state index contributed by atoms with van der Waals surface area (Å²) in [6.45, 7) is 4.32. The third kappa shape index (κ3) is 4.86. The van der Waals surface area contributed by atoms with Crippen LogP contribution in [0.1, 0.15) is 12.8 Å². The minimum Gasteiger partial charge on any atom is -0.392 e. The molecule has 0 bridgehead atoms. The van der Waals surface area contributed by atoms with Crippen molar-refractivity contribution in [3.8, 4) is 0 Å². The molecule has 0 aromatic rings. The zero-order valence-corrected chi connectivity index (χ0v) is 8.88. The fourth-order valence-electron chi connectivity index (χ4n) is 1.59. The molecular weight excluding hydrogens is 186 g/mol. The Bertz CT molecular complexity index is 135. The average Bonchev–Trinajstić information content (AvgIpc) is 2.13. The molecule has 0 aromatic carbocycles. The lowest BCUT2D eigenvalue weighted by Crippen LogP contribution is -2.40. The minimum absolute atomic E-state index is 0.126. The van der Waals surface area contributed by atoms with Crippen LogP contribution in [0.2, 0.25) is 0 Å². The quantitative estimate of drug-likeness (QED) is 0.503. The van der Waals surface area contributed by atoms with E-state index in [9.17, 15) is 5.11 Å². The van der Waals surface area contributed by atoms with Gasteiger partial charge in [-0.25, -0.2) is 0 Å². The van der Waals surface area contributed by atoms with Gasteiger partial charge in [-0.1, -0.05) is 0 Å². The zero-order valence-electron chi connectivity index (χ0n) is 7.98. The summed E-state index contributed by atoms with van der Waals surface area (Å²) >= 11 is 4.06. The van der Waals surface area contributed by atoms with Crippen LogP contribution >= 0.6 is 12.6 Å². The van der Waals surface area contributed by atoms with Crippen molar-refractivity contribution in [3.05, 3.63) is 0 Å². The molecule has 1 atom stereocenters. The number of piperidine rings is 1. The molecule has 0 saturated carbocycles. The molecule has 0 radical (unpaired) electrons. The molecule has 1 aliphatic heterocycles. The van der Waals surface area contributed by atoms with Crippen molar-refractivity contribution in [1.82, 2.24) is 4.90 Å². The SMILES string of the molecule is OC1CCCN(CCOCCS)C1. The number of hydrogen-bond donors (Lipinski definition) is 2. The van der Waals surface area contributed by atoms with Gasteiger partial charge in [0, 0.05) is 18.8 Å². The predicted molar refractivity (Wildman–Crippen MR) is 56.4 cm³/mol. The van der Waals surface area contributed by atoms with E-state index in [2.05, 4.69) is 17.5 Å². The van der Waals surface area contributed by atoms with E-state index in [1.807, 2.05) is 0 Å². The topological polar surface area (TPSA) is 32.7 Å². The van der Waals surface area contributed by atoms with Gasteiger partial charge in [0.15, 0.2) is 0 Å². The Morgan fingerprint density at radius 2 is 2.31 bits per heavy atom. The summed E-state index contributed by atoms with van der Waals surface area (Å²) in [4.78, 5) is 2.26. The molecule has 1 aliphatic rings. The summed E-state index contributed by atoms with van der Waals surface area (Å²) in [5.41, 5.74) is 0. The van der Waals surface area contributed by atoms with Crippen molar-refractivity contribution in [2.45, 2.75) is 18.9 Å². The van der Waals surface area contributed by atoms with Gasteiger partial charge in [-0.2, -0.15) is 12.6 Å². The van der Waals surface area contributed by atoms with Gasteiger partial charge in [0.1, 0.15) is 0 Å². The van der Waals surface area contributed by atoms with Crippen molar-refractivity contribution in [2.75, 3.05) is 38.6 Å². The summed E-state index contributed by atoms with van der Waals surface area (Å²) < 4.78 is 5.32. The second-order valence-corrected chi connectivity index (χ2v) is 3.88. The molecule has 1 unspecified atom stereocenters. The first-order chi connectivity index (χ1) is 6.33. The maximum Gasteiger partial charge on any atom is 0.0667 e. The van der Waals surface area contributed by atoms with E-state index in [-0.39, 0.29) is 6.10 Å². The van der Waals surface area contributed by atoms with Crippen LogP contribution in [0.5, 0.6) is 0 Å². The van der Waals surface area contributed by atoms with Crippen LogP contribution < -0.4 is 0 Å². The zero-order chi connectivity index (χ0) is 9.52. The molecule has 0 aliphatic carbocycles. The standard InChI is InChI=1S/C9H19NO2S/c11-9-2-1-3-10(8-9)4-5-12-6-7-13/h9,11,13H,1-8H2. The van der Waals surface area contributed by atoms with Gasteiger partial charge >= 0.3 is 0 Å². The molecule has 13 heavy (non-hydrogen) atoms. The summed E-state index contributed by atoms with van der Waals surface area (Å²) in [7, 11) is 0. The van der Waals surface area contributed by atoms with E-state index >= 15 is 0 Å². The Balaban J connectivity index is 2.00. The summed E-state index contributed by atoms with van der Waals surface area (Å²) in [6, 6.07) is 0. The molecule has 3 nitrogen and oxygen atoms in total. The van der Waals surface area contributed by atoms with E-state index in [1.165, 1.54) is 0 Å². The number of nitrogens with zero attached hydrogens (tertiary/aromatic N) is 1. The molecule has 0 amide bonds. The van der Waals surface area contributed by atoms with Gasteiger partial charge in [-0.05, 0) is 19.4 Å². The van der Waals surface area contributed by atoms with Crippen LogP contribution in [0, 0.1) is 0 Å². The second kappa shape index (κ2) is 6.65. The van der Waals surface area contributed by atoms with Crippen LogP contribution in [-0.4, -0.2) is 54.7 Å². The van der Waals surface area contributed by atoms with Gasteiger partial charge in [0.25, 0.3) is 0 Å². The van der Waals surface area contributed by atoms with Crippen LogP contribution in [0.4, 0.5) is 0 Å². The van der Waals surface area contributed by atoms with Crippen molar-refractivity contribution >= 4 is 12.6 Å². The normalized spacial score (nSPS) is 24.9. The number of aliphatic hydroxyl groups excluding tert-OH is 1. The number of β-amino-alcohol motifs (C(OH)–C–C–N with tert-alkyl or cyclic N) is 1. The maximum atomic E-state index is 9.39. The Morgan fingerprint density at radius 1 is 1.46 bits per heavy atom. The average molecular weight is 205 g/mol.